The summed E-state index contributed by atoms with van der Waals surface area (Å²) in [7, 11) is 2.89. The van der Waals surface area contributed by atoms with E-state index in [9.17, 15) is 29.3 Å². The number of Topliss-reactive ketones (excluding diaryl/α,β-unsaturated/α-hetero) is 1. The Morgan fingerprint density at radius 1 is 1.03 bits per heavy atom. The van der Waals surface area contributed by atoms with Crippen LogP contribution in [0.1, 0.15) is 53.6 Å². The highest BCUT2D eigenvalue weighted by Crippen LogP contribution is 2.53. The quantitative estimate of drug-likeness (QED) is 0.453. The summed E-state index contributed by atoms with van der Waals surface area (Å²) < 4.78 is 0. The Labute approximate surface area is 213 Å². The fraction of sp³-hybridized carbons (Fsp3) is 0.333. The van der Waals surface area contributed by atoms with Gasteiger partial charge in [0.2, 0.25) is 11.8 Å². The molecule has 3 unspecified atom stereocenters. The van der Waals surface area contributed by atoms with Crippen molar-refractivity contribution in [2.45, 2.75) is 38.3 Å². The van der Waals surface area contributed by atoms with Crippen LogP contribution in [-0.2, 0) is 9.59 Å². The zero-order chi connectivity index (χ0) is 26.6. The van der Waals surface area contributed by atoms with Crippen molar-refractivity contribution in [2.24, 2.45) is 5.92 Å². The van der Waals surface area contributed by atoms with Crippen LogP contribution in [0.5, 0.6) is 0 Å². The summed E-state index contributed by atoms with van der Waals surface area (Å²) in [5.74, 6) is -3.10. The predicted octanol–water partition coefficient (Wildman–Crippen LogP) is 3.78. The van der Waals surface area contributed by atoms with Crippen LogP contribution >= 0.6 is 0 Å². The molecular weight excluding hydrogens is 476 g/mol. The van der Waals surface area contributed by atoms with Crippen molar-refractivity contribution >= 4 is 35.0 Å². The van der Waals surface area contributed by atoms with Gasteiger partial charge >= 0.3 is 6.03 Å². The van der Waals surface area contributed by atoms with Crippen molar-refractivity contribution in [3.8, 4) is 0 Å². The van der Waals surface area contributed by atoms with Crippen LogP contribution in [-0.4, -0.2) is 63.5 Å². The van der Waals surface area contributed by atoms with Crippen molar-refractivity contribution in [3.05, 3.63) is 80.9 Å². The molecule has 2 aromatic carbocycles. The molecule has 0 bridgehead atoms. The number of fused-ring (bicyclic) bond motifs is 3. The van der Waals surface area contributed by atoms with Gasteiger partial charge in [-0.1, -0.05) is 49.7 Å². The third-order valence-corrected chi connectivity index (χ3v) is 7.48. The summed E-state index contributed by atoms with van der Waals surface area (Å²) in [6.45, 7) is 1.96. The number of nitrogens with zero attached hydrogens (tertiary/aromatic N) is 4. The van der Waals surface area contributed by atoms with Crippen molar-refractivity contribution < 1.29 is 24.1 Å². The van der Waals surface area contributed by atoms with Gasteiger partial charge < -0.3 is 4.90 Å². The van der Waals surface area contributed by atoms with Gasteiger partial charge in [-0.2, -0.15) is 0 Å². The maximum absolute atomic E-state index is 13.9. The third kappa shape index (κ3) is 3.54. The van der Waals surface area contributed by atoms with E-state index in [2.05, 4.69) is 0 Å². The Morgan fingerprint density at radius 3 is 2.41 bits per heavy atom. The number of hydrogen-bond acceptors (Lipinski definition) is 6. The monoisotopic (exact) mass is 502 g/mol. The number of amides is 4. The molecule has 10 heteroatoms. The summed E-state index contributed by atoms with van der Waals surface area (Å²) in [6.07, 6.45) is 0.551. The fourth-order valence-electron chi connectivity index (χ4n) is 5.76. The highest BCUT2D eigenvalue weighted by Gasteiger charge is 2.58. The molecule has 0 saturated carbocycles. The maximum atomic E-state index is 13.9. The standard InChI is InChI=1S/C27H26N4O6/c1-4-5-13-19(32)30-23-17-11-6-7-12-18(17)24(33)21(23)20(15-9-8-10-16(14-15)31(36)37)22-25(30)28(2)27(35)29(3)26(22)34/h6-12,14,20,22,25H,4-5,13H2,1-3H3. The third-order valence-electron chi connectivity index (χ3n) is 7.48. The summed E-state index contributed by atoms with van der Waals surface area (Å²) in [6, 6.07) is 12.2. The number of rotatable bonds is 5. The minimum atomic E-state index is -1.03. The molecule has 0 spiro atoms. The lowest BCUT2D eigenvalue weighted by Crippen LogP contribution is -2.67. The molecule has 1 fully saturated rings. The van der Waals surface area contributed by atoms with E-state index in [0.717, 1.165) is 11.3 Å². The number of urea groups is 1. The van der Waals surface area contributed by atoms with Gasteiger partial charge in [-0.15, -0.1) is 0 Å². The lowest BCUT2D eigenvalue weighted by atomic mass is 9.72. The number of non-ortho nitro benzene ring substituents is 1. The summed E-state index contributed by atoms with van der Waals surface area (Å²) in [5, 5.41) is 11.6. The van der Waals surface area contributed by atoms with E-state index in [4.69, 9.17) is 0 Å². The molecule has 0 N–H and O–H groups in total. The molecule has 1 aliphatic carbocycles. The van der Waals surface area contributed by atoms with Crippen LogP contribution in [0, 0.1) is 16.0 Å². The van der Waals surface area contributed by atoms with Crippen molar-refractivity contribution in [1.29, 1.82) is 0 Å². The number of imide groups is 1. The molecule has 0 aromatic heterocycles. The average molecular weight is 503 g/mol. The second-order valence-electron chi connectivity index (χ2n) is 9.56. The Hall–Kier alpha value is -4.34. The van der Waals surface area contributed by atoms with Gasteiger partial charge in [0.25, 0.3) is 5.69 Å². The SMILES string of the molecule is CCCCC(=O)N1C2=C(C(=O)c3ccccc32)C(c2cccc([N+](=O)[O-])c2)C2C(=O)N(C)C(=O)N(C)C21. The number of ketones is 1. The number of benzene rings is 2. The molecule has 2 aliphatic heterocycles. The summed E-state index contributed by atoms with van der Waals surface area (Å²) in [4.78, 5) is 69.3. The van der Waals surface area contributed by atoms with Crippen LogP contribution in [0.2, 0.25) is 0 Å². The van der Waals surface area contributed by atoms with Crippen LogP contribution < -0.4 is 0 Å². The number of allylic oxidation sites excluding steroid dienone is 1. The van der Waals surface area contributed by atoms with Gasteiger partial charge in [0.05, 0.1) is 16.5 Å². The van der Waals surface area contributed by atoms with Crippen molar-refractivity contribution in [1.82, 2.24) is 14.7 Å². The van der Waals surface area contributed by atoms with Crippen LogP contribution in [0.15, 0.2) is 54.1 Å². The predicted molar refractivity (Wildman–Crippen MR) is 133 cm³/mol. The fourth-order valence-corrected chi connectivity index (χ4v) is 5.76. The smallest absolute Gasteiger partial charge is 0.306 e. The average Bonchev–Trinajstić information content (AvgIpc) is 3.20. The first-order chi connectivity index (χ1) is 17.7. The number of carbonyl (C=O) groups excluding carboxylic acids is 4. The molecule has 3 aliphatic rings. The normalized spacial score (nSPS) is 22.7. The van der Waals surface area contributed by atoms with E-state index >= 15 is 0 Å². The minimum Gasteiger partial charge on any atom is -0.306 e. The topological polar surface area (TPSA) is 121 Å². The number of unbranched alkanes of at least 4 members (excludes halogenated alkanes) is 1. The summed E-state index contributed by atoms with van der Waals surface area (Å²) in [5.41, 5.74) is 1.79. The Kier molecular flexibility index (Phi) is 5.89. The zero-order valence-corrected chi connectivity index (χ0v) is 20.7. The Morgan fingerprint density at radius 2 is 1.73 bits per heavy atom. The molecular formula is C27H26N4O6. The number of carbonyl (C=O) groups is 4. The largest absolute Gasteiger partial charge is 0.327 e. The first kappa shape index (κ1) is 24.4. The molecule has 37 heavy (non-hydrogen) atoms. The van der Waals surface area contributed by atoms with E-state index in [1.807, 2.05) is 6.92 Å². The van der Waals surface area contributed by atoms with E-state index in [1.54, 1.807) is 30.3 Å². The highest BCUT2D eigenvalue weighted by molar-refractivity contribution is 6.23. The van der Waals surface area contributed by atoms with E-state index in [0.29, 0.717) is 28.8 Å². The van der Waals surface area contributed by atoms with Crippen LogP contribution in [0.3, 0.4) is 0 Å². The highest BCUT2D eigenvalue weighted by atomic mass is 16.6. The van der Waals surface area contributed by atoms with Crippen LogP contribution in [0.25, 0.3) is 5.70 Å². The van der Waals surface area contributed by atoms with Gasteiger partial charge in [-0.05, 0) is 12.0 Å². The number of nitro groups is 1. The lowest BCUT2D eigenvalue weighted by molar-refractivity contribution is -0.384. The molecule has 190 valence electrons. The van der Waals surface area contributed by atoms with Gasteiger partial charge in [-0.3, -0.25) is 34.3 Å². The number of nitro benzene ring substituents is 1. The zero-order valence-electron chi connectivity index (χ0n) is 20.7. The van der Waals surface area contributed by atoms with Crippen molar-refractivity contribution in [2.75, 3.05) is 14.1 Å². The molecule has 2 heterocycles. The second kappa shape index (κ2) is 8.95. The van der Waals surface area contributed by atoms with Gasteiger partial charge in [-0.25, -0.2) is 4.79 Å². The van der Waals surface area contributed by atoms with E-state index < -0.39 is 34.9 Å². The second-order valence-corrected chi connectivity index (χ2v) is 9.56. The van der Waals surface area contributed by atoms with Crippen LogP contribution in [0.4, 0.5) is 10.5 Å². The van der Waals surface area contributed by atoms with Gasteiger partial charge in [0.1, 0.15) is 6.17 Å². The summed E-state index contributed by atoms with van der Waals surface area (Å²) >= 11 is 0. The first-order valence-electron chi connectivity index (χ1n) is 12.2. The molecule has 4 amide bonds. The molecule has 0 radical (unpaired) electrons. The first-order valence-corrected chi connectivity index (χ1v) is 12.2. The minimum absolute atomic E-state index is 0.179. The molecule has 5 rings (SSSR count). The lowest BCUT2D eigenvalue weighted by Gasteiger charge is -2.52. The maximum Gasteiger partial charge on any atom is 0.327 e. The molecule has 2 aromatic rings. The van der Waals surface area contributed by atoms with Gasteiger partial charge in [0, 0.05) is 55.3 Å². The Balaban J connectivity index is 1.83. The van der Waals surface area contributed by atoms with Crippen molar-refractivity contribution in [3.63, 3.8) is 0 Å². The Bertz CT molecular complexity index is 1400. The van der Waals surface area contributed by atoms with E-state index in [1.165, 1.54) is 42.1 Å². The molecule has 3 atom stereocenters. The number of hydrogen-bond donors (Lipinski definition) is 0. The van der Waals surface area contributed by atoms with Gasteiger partial charge in [0.15, 0.2) is 5.78 Å². The molecule has 1 saturated heterocycles. The van der Waals surface area contributed by atoms with E-state index in [-0.39, 0.29) is 29.4 Å². The molecule has 10 nitrogen and oxygen atoms in total.